The van der Waals surface area contributed by atoms with Crippen LogP contribution in [-0.2, 0) is 10.0 Å². The third-order valence-corrected chi connectivity index (χ3v) is 8.90. The molecule has 148 valence electrons. The molecular formula is C20H27ClN2O3S. The molecule has 1 aliphatic heterocycles. The van der Waals surface area contributed by atoms with Crippen LogP contribution in [0.3, 0.4) is 0 Å². The number of hydrogen-bond donors (Lipinski definition) is 1. The Morgan fingerprint density at radius 2 is 1.96 bits per heavy atom. The lowest BCUT2D eigenvalue weighted by Crippen LogP contribution is -2.40. The first-order valence-electron chi connectivity index (χ1n) is 9.97. The molecule has 1 aromatic rings. The highest BCUT2D eigenvalue weighted by Crippen LogP contribution is 2.49. The van der Waals surface area contributed by atoms with Crippen molar-refractivity contribution in [2.45, 2.75) is 56.4 Å². The van der Waals surface area contributed by atoms with Crippen LogP contribution in [0.15, 0.2) is 23.1 Å². The van der Waals surface area contributed by atoms with Crippen LogP contribution >= 0.6 is 11.6 Å². The molecule has 3 aliphatic rings. The van der Waals surface area contributed by atoms with Crippen LogP contribution in [0.5, 0.6) is 0 Å². The Bertz CT molecular complexity index is 836. The molecule has 1 heterocycles. The van der Waals surface area contributed by atoms with Gasteiger partial charge in [-0.2, -0.15) is 4.31 Å². The van der Waals surface area contributed by atoms with Gasteiger partial charge in [-0.15, -0.1) is 0 Å². The number of hydrogen-bond acceptors (Lipinski definition) is 3. The molecule has 2 saturated carbocycles. The van der Waals surface area contributed by atoms with E-state index in [0.29, 0.717) is 24.9 Å². The summed E-state index contributed by atoms with van der Waals surface area (Å²) in [6, 6.07) is 4.51. The van der Waals surface area contributed by atoms with Gasteiger partial charge >= 0.3 is 0 Å². The van der Waals surface area contributed by atoms with Crippen LogP contribution in [0.1, 0.15) is 55.8 Å². The highest BCUT2D eigenvalue weighted by molar-refractivity contribution is 7.89. The van der Waals surface area contributed by atoms with Gasteiger partial charge in [0.25, 0.3) is 5.91 Å². The van der Waals surface area contributed by atoms with Crippen molar-refractivity contribution in [3.8, 4) is 0 Å². The molecule has 2 aliphatic carbocycles. The van der Waals surface area contributed by atoms with E-state index < -0.39 is 10.0 Å². The van der Waals surface area contributed by atoms with E-state index in [1.807, 2.05) is 0 Å². The van der Waals surface area contributed by atoms with Crippen LogP contribution in [0.25, 0.3) is 0 Å². The molecular weight excluding hydrogens is 384 g/mol. The predicted molar refractivity (Wildman–Crippen MR) is 105 cm³/mol. The quantitative estimate of drug-likeness (QED) is 0.805. The van der Waals surface area contributed by atoms with E-state index in [2.05, 4.69) is 12.2 Å². The second-order valence-electron chi connectivity index (χ2n) is 8.35. The monoisotopic (exact) mass is 410 g/mol. The topological polar surface area (TPSA) is 66.5 Å². The summed E-state index contributed by atoms with van der Waals surface area (Å²) in [5.74, 6) is 1.76. The maximum absolute atomic E-state index is 12.8. The van der Waals surface area contributed by atoms with E-state index >= 15 is 0 Å². The van der Waals surface area contributed by atoms with Gasteiger partial charge in [0, 0.05) is 19.1 Å². The first-order valence-corrected chi connectivity index (χ1v) is 11.8. The number of benzene rings is 1. The van der Waals surface area contributed by atoms with Crippen molar-refractivity contribution in [3.05, 3.63) is 28.8 Å². The molecule has 1 saturated heterocycles. The second-order valence-corrected chi connectivity index (χ2v) is 10.7. The van der Waals surface area contributed by atoms with Crippen molar-refractivity contribution in [1.29, 1.82) is 0 Å². The van der Waals surface area contributed by atoms with E-state index in [1.54, 1.807) is 0 Å². The summed E-state index contributed by atoms with van der Waals surface area (Å²) in [6.45, 7) is 3.13. The van der Waals surface area contributed by atoms with Crippen molar-refractivity contribution in [3.63, 3.8) is 0 Å². The standard InChI is InChI=1S/C20H27ClN2O3S/c1-13(17-11-14-4-5-15(17)10-14)22-20(24)18-12-16(6-7-19(18)21)27(25,26)23-8-2-3-9-23/h6-7,12-15,17H,2-5,8-11H2,1H3,(H,22,24). The maximum Gasteiger partial charge on any atom is 0.253 e. The molecule has 4 atom stereocenters. The Morgan fingerprint density at radius 3 is 2.59 bits per heavy atom. The number of carbonyl (C=O) groups excluding carboxylic acids is 1. The molecule has 7 heteroatoms. The van der Waals surface area contributed by atoms with Crippen molar-refractivity contribution >= 4 is 27.5 Å². The Hall–Kier alpha value is -1.11. The predicted octanol–water partition coefficient (Wildman–Crippen LogP) is 3.68. The minimum Gasteiger partial charge on any atom is -0.349 e. The molecule has 4 unspecified atom stereocenters. The van der Waals surface area contributed by atoms with Gasteiger partial charge in [0.2, 0.25) is 10.0 Å². The van der Waals surface area contributed by atoms with Crippen molar-refractivity contribution in [1.82, 2.24) is 9.62 Å². The van der Waals surface area contributed by atoms with E-state index in [1.165, 1.54) is 48.2 Å². The van der Waals surface area contributed by atoms with Crippen LogP contribution in [0.2, 0.25) is 5.02 Å². The van der Waals surface area contributed by atoms with Gasteiger partial charge in [-0.25, -0.2) is 8.42 Å². The number of fused-ring (bicyclic) bond motifs is 2. The van der Waals surface area contributed by atoms with Crippen LogP contribution in [0, 0.1) is 17.8 Å². The fourth-order valence-corrected chi connectivity index (χ4v) is 6.96. The minimum absolute atomic E-state index is 0.0720. The maximum atomic E-state index is 12.8. The Labute approximate surface area is 166 Å². The number of carbonyl (C=O) groups is 1. The van der Waals surface area contributed by atoms with Crippen LogP contribution < -0.4 is 5.32 Å². The first-order chi connectivity index (χ1) is 12.9. The van der Waals surface area contributed by atoms with E-state index in [0.717, 1.165) is 18.8 Å². The summed E-state index contributed by atoms with van der Waals surface area (Å²) < 4.78 is 27.1. The van der Waals surface area contributed by atoms with Gasteiger partial charge in [0.05, 0.1) is 15.5 Å². The van der Waals surface area contributed by atoms with Gasteiger partial charge in [-0.1, -0.05) is 18.0 Å². The zero-order valence-electron chi connectivity index (χ0n) is 15.7. The van der Waals surface area contributed by atoms with Crippen molar-refractivity contribution < 1.29 is 13.2 Å². The molecule has 2 bridgehead atoms. The summed E-state index contributed by atoms with van der Waals surface area (Å²) in [7, 11) is -3.57. The van der Waals surface area contributed by atoms with Gasteiger partial charge in [0.1, 0.15) is 0 Å². The number of nitrogens with one attached hydrogen (secondary N) is 1. The highest BCUT2D eigenvalue weighted by atomic mass is 35.5. The number of nitrogens with zero attached hydrogens (tertiary/aromatic N) is 1. The third kappa shape index (κ3) is 3.64. The number of halogens is 1. The summed E-state index contributed by atoms with van der Waals surface area (Å²) in [6.07, 6.45) is 6.81. The largest absolute Gasteiger partial charge is 0.349 e. The average Bonchev–Trinajstić information content (AvgIpc) is 3.39. The summed E-state index contributed by atoms with van der Waals surface area (Å²) >= 11 is 6.24. The molecule has 0 aromatic heterocycles. The number of sulfonamides is 1. The summed E-state index contributed by atoms with van der Waals surface area (Å²) in [4.78, 5) is 13.0. The second kappa shape index (κ2) is 7.37. The molecule has 0 spiro atoms. The van der Waals surface area contributed by atoms with Gasteiger partial charge < -0.3 is 5.32 Å². The van der Waals surface area contributed by atoms with Crippen molar-refractivity contribution in [2.24, 2.45) is 17.8 Å². The lowest BCUT2D eigenvalue weighted by Gasteiger charge is -2.28. The molecule has 1 aromatic carbocycles. The molecule has 5 nitrogen and oxygen atoms in total. The SMILES string of the molecule is CC(NC(=O)c1cc(S(=O)(=O)N2CCCC2)ccc1Cl)C1CC2CCC1C2. The Morgan fingerprint density at radius 1 is 1.22 bits per heavy atom. The fourth-order valence-electron chi connectivity index (χ4n) is 5.21. The van der Waals surface area contributed by atoms with E-state index in [4.69, 9.17) is 11.6 Å². The van der Waals surface area contributed by atoms with Crippen LogP contribution in [-0.4, -0.2) is 37.8 Å². The number of rotatable bonds is 5. The average molecular weight is 411 g/mol. The van der Waals surface area contributed by atoms with Crippen molar-refractivity contribution in [2.75, 3.05) is 13.1 Å². The zero-order valence-corrected chi connectivity index (χ0v) is 17.2. The minimum atomic E-state index is -3.57. The van der Waals surface area contributed by atoms with E-state index in [9.17, 15) is 13.2 Å². The lowest BCUT2D eigenvalue weighted by molar-refractivity contribution is 0.0915. The third-order valence-electron chi connectivity index (χ3n) is 6.68. The smallest absolute Gasteiger partial charge is 0.253 e. The van der Waals surface area contributed by atoms with Gasteiger partial charge in [0.15, 0.2) is 0 Å². The molecule has 27 heavy (non-hydrogen) atoms. The molecule has 1 amide bonds. The van der Waals surface area contributed by atoms with Crippen LogP contribution in [0.4, 0.5) is 0 Å². The number of amides is 1. The molecule has 4 rings (SSSR count). The lowest BCUT2D eigenvalue weighted by atomic mass is 9.84. The normalized spacial score (nSPS) is 29.2. The Balaban J connectivity index is 1.51. The van der Waals surface area contributed by atoms with E-state index in [-0.39, 0.29) is 27.4 Å². The Kier molecular flexibility index (Phi) is 5.25. The van der Waals surface area contributed by atoms with Gasteiger partial charge in [-0.3, -0.25) is 4.79 Å². The molecule has 1 N–H and O–H groups in total. The highest BCUT2D eigenvalue weighted by Gasteiger charge is 2.42. The molecule has 0 radical (unpaired) electrons. The first kappa shape index (κ1) is 19.2. The summed E-state index contributed by atoms with van der Waals surface area (Å²) in [5, 5.41) is 3.37. The van der Waals surface area contributed by atoms with Gasteiger partial charge in [-0.05, 0) is 75.0 Å². The fraction of sp³-hybridized carbons (Fsp3) is 0.650. The summed E-state index contributed by atoms with van der Waals surface area (Å²) in [5.41, 5.74) is 0.243. The zero-order chi connectivity index (χ0) is 19.2. The molecule has 3 fully saturated rings.